The molecule has 2 rings (SSSR count). The molecule has 88 valence electrons. The second-order valence-corrected chi connectivity index (χ2v) is 5.22. The Bertz CT molecular complexity index is 363. The fourth-order valence-corrected chi connectivity index (χ4v) is 2.36. The molecule has 1 aromatic carbocycles. The Kier molecular flexibility index (Phi) is 3.34. The third kappa shape index (κ3) is 2.46. The molecule has 0 radical (unpaired) electrons. The highest BCUT2D eigenvalue weighted by atomic mass is 14.9. The van der Waals surface area contributed by atoms with E-state index in [0.717, 1.165) is 12.6 Å². The summed E-state index contributed by atoms with van der Waals surface area (Å²) in [5.41, 5.74) is 7.40. The maximum atomic E-state index is 3.60. The van der Waals surface area contributed by atoms with Crippen LogP contribution in [0.5, 0.6) is 0 Å². The maximum Gasteiger partial charge on any atom is 0.00683 e. The summed E-state index contributed by atoms with van der Waals surface area (Å²) in [6.45, 7) is 10.1. The van der Waals surface area contributed by atoms with Crippen LogP contribution < -0.4 is 5.32 Å². The molecule has 0 spiro atoms. The lowest BCUT2D eigenvalue weighted by Gasteiger charge is -2.15. The first-order valence-electron chi connectivity index (χ1n) is 6.39. The summed E-state index contributed by atoms with van der Waals surface area (Å²) in [6.07, 6.45) is 3.94. The SMILES string of the molecule is Cc1cc(C)c(C)c(CCNC2CC2)c1C. The first kappa shape index (κ1) is 11.7. The Morgan fingerprint density at radius 2 is 1.62 bits per heavy atom. The molecule has 0 aromatic heterocycles. The number of rotatable bonds is 4. The van der Waals surface area contributed by atoms with Gasteiger partial charge in [-0.05, 0) is 81.3 Å². The van der Waals surface area contributed by atoms with Crippen molar-refractivity contribution in [2.24, 2.45) is 0 Å². The van der Waals surface area contributed by atoms with Crippen molar-refractivity contribution < 1.29 is 0 Å². The molecule has 1 heteroatoms. The average molecular weight is 217 g/mol. The van der Waals surface area contributed by atoms with Crippen molar-refractivity contribution in [3.63, 3.8) is 0 Å². The summed E-state index contributed by atoms with van der Waals surface area (Å²) in [5.74, 6) is 0. The van der Waals surface area contributed by atoms with E-state index in [1.54, 1.807) is 5.56 Å². The molecule has 0 unspecified atom stereocenters. The molecule has 1 nitrogen and oxygen atoms in total. The minimum absolute atomic E-state index is 0.825. The topological polar surface area (TPSA) is 12.0 Å². The Hall–Kier alpha value is -0.820. The molecule has 1 aliphatic carbocycles. The van der Waals surface area contributed by atoms with Crippen LogP contribution in [0.4, 0.5) is 0 Å². The molecule has 1 aromatic rings. The number of hydrogen-bond acceptors (Lipinski definition) is 1. The van der Waals surface area contributed by atoms with Crippen LogP contribution >= 0.6 is 0 Å². The first-order chi connectivity index (χ1) is 7.59. The zero-order valence-electron chi connectivity index (χ0n) is 11.0. The van der Waals surface area contributed by atoms with E-state index in [2.05, 4.69) is 39.1 Å². The average Bonchev–Trinajstić information content (AvgIpc) is 3.04. The molecule has 0 atom stereocenters. The molecular weight excluding hydrogens is 194 g/mol. The van der Waals surface area contributed by atoms with Crippen LogP contribution in [0.25, 0.3) is 0 Å². The molecule has 0 amide bonds. The molecule has 1 aliphatic rings. The van der Waals surface area contributed by atoms with E-state index in [9.17, 15) is 0 Å². The lowest BCUT2D eigenvalue weighted by Crippen LogP contribution is -2.20. The van der Waals surface area contributed by atoms with Gasteiger partial charge in [-0.3, -0.25) is 0 Å². The number of aryl methyl sites for hydroxylation is 2. The molecule has 0 saturated heterocycles. The predicted octanol–water partition coefficient (Wildman–Crippen LogP) is 3.21. The van der Waals surface area contributed by atoms with Crippen molar-refractivity contribution >= 4 is 0 Å². The standard InChI is InChI=1S/C15H23N/c1-10-9-11(2)13(4)15(12(10)3)7-8-16-14-5-6-14/h9,14,16H,5-8H2,1-4H3. The Morgan fingerprint density at radius 3 is 2.12 bits per heavy atom. The minimum atomic E-state index is 0.825. The Balaban J connectivity index is 2.10. The minimum Gasteiger partial charge on any atom is -0.314 e. The summed E-state index contributed by atoms with van der Waals surface area (Å²) in [6, 6.07) is 3.13. The lowest BCUT2D eigenvalue weighted by molar-refractivity contribution is 0.679. The van der Waals surface area contributed by atoms with Crippen LogP contribution in [0.3, 0.4) is 0 Å². The van der Waals surface area contributed by atoms with Gasteiger partial charge in [0.05, 0.1) is 0 Å². The monoisotopic (exact) mass is 217 g/mol. The third-order valence-electron chi connectivity index (χ3n) is 3.91. The normalized spacial score (nSPS) is 15.5. The molecular formula is C15H23N. The first-order valence-corrected chi connectivity index (χ1v) is 6.39. The summed E-state index contributed by atoms with van der Waals surface area (Å²) < 4.78 is 0. The van der Waals surface area contributed by atoms with Crippen LogP contribution in [-0.2, 0) is 6.42 Å². The van der Waals surface area contributed by atoms with Gasteiger partial charge >= 0.3 is 0 Å². The fraction of sp³-hybridized carbons (Fsp3) is 0.600. The molecule has 16 heavy (non-hydrogen) atoms. The predicted molar refractivity (Wildman–Crippen MR) is 70.1 cm³/mol. The van der Waals surface area contributed by atoms with Gasteiger partial charge in [-0.25, -0.2) is 0 Å². The van der Waals surface area contributed by atoms with Gasteiger partial charge in [0.2, 0.25) is 0 Å². The highest BCUT2D eigenvalue weighted by molar-refractivity contribution is 5.44. The van der Waals surface area contributed by atoms with E-state index < -0.39 is 0 Å². The van der Waals surface area contributed by atoms with Crippen molar-refractivity contribution in [1.82, 2.24) is 5.32 Å². The number of nitrogens with one attached hydrogen (secondary N) is 1. The van der Waals surface area contributed by atoms with Gasteiger partial charge in [0.15, 0.2) is 0 Å². The van der Waals surface area contributed by atoms with E-state index in [1.165, 1.54) is 41.5 Å². The van der Waals surface area contributed by atoms with Gasteiger partial charge in [0.1, 0.15) is 0 Å². The lowest BCUT2D eigenvalue weighted by atomic mass is 9.92. The van der Waals surface area contributed by atoms with E-state index in [0.29, 0.717) is 0 Å². The molecule has 1 fully saturated rings. The Labute approximate surface area is 99.3 Å². The second-order valence-electron chi connectivity index (χ2n) is 5.22. The van der Waals surface area contributed by atoms with Crippen molar-refractivity contribution in [1.29, 1.82) is 0 Å². The van der Waals surface area contributed by atoms with Gasteiger partial charge in [-0.15, -0.1) is 0 Å². The zero-order valence-corrected chi connectivity index (χ0v) is 11.0. The maximum absolute atomic E-state index is 3.60. The van der Waals surface area contributed by atoms with Crippen LogP contribution in [-0.4, -0.2) is 12.6 Å². The van der Waals surface area contributed by atoms with Gasteiger partial charge in [-0.1, -0.05) is 6.07 Å². The van der Waals surface area contributed by atoms with Gasteiger partial charge in [0, 0.05) is 6.04 Å². The van der Waals surface area contributed by atoms with Crippen molar-refractivity contribution in [2.75, 3.05) is 6.54 Å². The molecule has 0 bridgehead atoms. The molecule has 1 saturated carbocycles. The molecule has 0 aliphatic heterocycles. The quantitative estimate of drug-likeness (QED) is 0.816. The van der Waals surface area contributed by atoms with Crippen LogP contribution in [0, 0.1) is 27.7 Å². The van der Waals surface area contributed by atoms with Gasteiger partial charge < -0.3 is 5.32 Å². The van der Waals surface area contributed by atoms with Crippen molar-refractivity contribution in [3.8, 4) is 0 Å². The number of benzene rings is 1. The van der Waals surface area contributed by atoms with Gasteiger partial charge in [0.25, 0.3) is 0 Å². The zero-order chi connectivity index (χ0) is 11.7. The summed E-state index contributed by atoms with van der Waals surface area (Å²) in [7, 11) is 0. The van der Waals surface area contributed by atoms with E-state index in [4.69, 9.17) is 0 Å². The highest BCUT2D eigenvalue weighted by Crippen LogP contribution is 2.23. The second kappa shape index (κ2) is 4.58. The Morgan fingerprint density at radius 1 is 1.06 bits per heavy atom. The summed E-state index contributed by atoms with van der Waals surface area (Å²) in [4.78, 5) is 0. The molecule has 0 heterocycles. The van der Waals surface area contributed by atoms with Gasteiger partial charge in [-0.2, -0.15) is 0 Å². The highest BCUT2D eigenvalue weighted by Gasteiger charge is 2.20. The van der Waals surface area contributed by atoms with E-state index in [-0.39, 0.29) is 0 Å². The molecule has 1 N–H and O–H groups in total. The van der Waals surface area contributed by atoms with Crippen LogP contribution in [0.2, 0.25) is 0 Å². The number of hydrogen-bond donors (Lipinski definition) is 1. The van der Waals surface area contributed by atoms with Crippen LogP contribution in [0.15, 0.2) is 6.07 Å². The van der Waals surface area contributed by atoms with Crippen molar-refractivity contribution in [2.45, 2.75) is 53.0 Å². The van der Waals surface area contributed by atoms with E-state index in [1.807, 2.05) is 0 Å². The third-order valence-corrected chi connectivity index (χ3v) is 3.91. The summed E-state index contributed by atoms with van der Waals surface area (Å²) >= 11 is 0. The smallest absolute Gasteiger partial charge is 0.00683 e. The van der Waals surface area contributed by atoms with Crippen molar-refractivity contribution in [3.05, 3.63) is 33.9 Å². The summed E-state index contributed by atoms with van der Waals surface area (Å²) in [5, 5.41) is 3.60. The fourth-order valence-electron chi connectivity index (χ4n) is 2.36. The van der Waals surface area contributed by atoms with Crippen LogP contribution in [0.1, 0.15) is 40.7 Å². The van der Waals surface area contributed by atoms with E-state index >= 15 is 0 Å². The largest absolute Gasteiger partial charge is 0.314 e.